The lowest BCUT2D eigenvalue weighted by Crippen LogP contribution is -2.12. The molecule has 4 N–H and O–H groups in total. The number of nitrogens with zero attached hydrogens (tertiary/aromatic N) is 2. The van der Waals surface area contributed by atoms with Crippen molar-refractivity contribution < 1.29 is 13.5 Å². The van der Waals surface area contributed by atoms with Gasteiger partial charge in [0.1, 0.15) is 5.75 Å². The average Bonchev–Trinajstić information content (AvgIpc) is 3.20. The van der Waals surface area contributed by atoms with Crippen molar-refractivity contribution in [2.75, 3.05) is 7.05 Å². The Balaban J connectivity index is 1.83. The fraction of sp³-hybridized carbons (Fsp3) is 0.0870. The molecule has 0 unspecified atom stereocenters. The van der Waals surface area contributed by atoms with Gasteiger partial charge in [0, 0.05) is 17.7 Å². The molecule has 4 aromatic rings. The molecule has 0 bridgehead atoms. The normalized spacial score (nSPS) is 11.5. The SMILES string of the molecule is CNCc1ccc(-c2cc(-c3ccc(O)cc3)nn2-c2ccc(S(N)(=O)=O)cc2)cc1. The second-order valence-electron chi connectivity index (χ2n) is 7.14. The molecule has 0 aliphatic carbocycles. The molecule has 1 heterocycles. The molecule has 8 heteroatoms. The molecular formula is C23H22N4O3S. The molecule has 0 atom stereocenters. The van der Waals surface area contributed by atoms with Gasteiger partial charge < -0.3 is 10.4 Å². The lowest BCUT2D eigenvalue weighted by molar-refractivity contribution is 0.475. The third-order valence-electron chi connectivity index (χ3n) is 4.91. The lowest BCUT2D eigenvalue weighted by Gasteiger charge is -2.09. The van der Waals surface area contributed by atoms with Crippen LogP contribution < -0.4 is 10.5 Å². The Bertz CT molecular complexity index is 1290. The van der Waals surface area contributed by atoms with E-state index in [9.17, 15) is 13.5 Å². The quantitative estimate of drug-likeness (QED) is 0.431. The summed E-state index contributed by atoms with van der Waals surface area (Å²) in [5.41, 5.74) is 5.26. The number of aromatic nitrogens is 2. The van der Waals surface area contributed by atoms with Crippen LogP contribution in [0.15, 0.2) is 83.8 Å². The standard InChI is InChI=1S/C23H22N4O3S/c1-25-15-16-2-4-18(5-3-16)23-14-22(17-6-10-20(28)11-7-17)26-27(23)19-8-12-21(13-9-19)31(24,29)30/h2-14,25,28H,15H2,1H3,(H2,24,29,30). The van der Waals surface area contributed by atoms with Crippen molar-refractivity contribution in [1.82, 2.24) is 15.1 Å². The van der Waals surface area contributed by atoms with E-state index in [0.29, 0.717) is 5.69 Å². The molecule has 0 saturated carbocycles. The van der Waals surface area contributed by atoms with E-state index >= 15 is 0 Å². The number of aromatic hydroxyl groups is 1. The van der Waals surface area contributed by atoms with Crippen LogP contribution in [0.1, 0.15) is 5.56 Å². The molecule has 0 saturated heterocycles. The molecule has 4 rings (SSSR count). The van der Waals surface area contributed by atoms with Crippen LogP contribution in [0, 0.1) is 0 Å². The van der Waals surface area contributed by atoms with Gasteiger partial charge in [0.15, 0.2) is 0 Å². The third-order valence-corrected chi connectivity index (χ3v) is 5.84. The highest BCUT2D eigenvalue weighted by molar-refractivity contribution is 7.89. The Morgan fingerprint density at radius 3 is 2.13 bits per heavy atom. The number of benzene rings is 3. The molecule has 1 aromatic heterocycles. The van der Waals surface area contributed by atoms with Crippen molar-refractivity contribution in [1.29, 1.82) is 0 Å². The summed E-state index contributed by atoms with van der Waals surface area (Å²) in [7, 11) is -1.87. The third kappa shape index (κ3) is 4.51. The zero-order chi connectivity index (χ0) is 22.0. The number of sulfonamides is 1. The van der Waals surface area contributed by atoms with E-state index in [0.717, 1.165) is 34.6 Å². The smallest absolute Gasteiger partial charge is 0.238 e. The van der Waals surface area contributed by atoms with Crippen molar-refractivity contribution in [3.8, 4) is 34.0 Å². The molecule has 7 nitrogen and oxygen atoms in total. The van der Waals surface area contributed by atoms with Crippen LogP contribution in [0.5, 0.6) is 5.75 Å². The van der Waals surface area contributed by atoms with Gasteiger partial charge in [-0.2, -0.15) is 5.10 Å². The molecule has 31 heavy (non-hydrogen) atoms. The number of nitrogens with one attached hydrogen (secondary N) is 1. The second-order valence-corrected chi connectivity index (χ2v) is 8.70. The number of nitrogens with two attached hydrogens (primary N) is 1. The highest BCUT2D eigenvalue weighted by Gasteiger charge is 2.15. The molecular weight excluding hydrogens is 412 g/mol. The van der Waals surface area contributed by atoms with Crippen LogP contribution in [-0.4, -0.2) is 30.4 Å². The maximum absolute atomic E-state index is 11.6. The molecule has 0 fully saturated rings. The van der Waals surface area contributed by atoms with E-state index in [-0.39, 0.29) is 10.6 Å². The maximum atomic E-state index is 11.6. The Hall–Kier alpha value is -3.46. The number of hydrogen-bond donors (Lipinski definition) is 3. The topological polar surface area (TPSA) is 110 Å². The first-order valence-electron chi connectivity index (χ1n) is 9.62. The first kappa shape index (κ1) is 20.8. The number of phenolic OH excluding ortho intramolecular Hbond substituents is 1. The van der Waals surface area contributed by atoms with Gasteiger partial charge in [-0.3, -0.25) is 0 Å². The molecule has 0 spiro atoms. The monoisotopic (exact) mass is 434 g/mol. The number of phenols is 1. The van der Waals surface area contributed by atoms with Crippen LogP contribution in [0.3, 0.4) is 0 Å². The van der Waals surface area contributed by atoms with Gasteiger partial charge in [0.2, 0.25) is 10.0 Å². The van der Waals surface area contributed by atoms with E-state index < -0.39 is 10.0 Å². The van der Waals surface area contributed by atoms with Gasteiger partial charge in [0.05, 0.1) is 22.0 Å². The minimum absolute atomic E-state index is 0.0418. The van der Waals surface area contributed by atoms with E-state index in [4.69, 9.17) is 10.2 Å². The van der Waals surface area contributed by atoms with Crippen LogP contribution in [-0.2, 0) is 16.6 Å². The first-order chi connectivity index (χ1) is 14.8. The van der Waals surface area contributed by atoms with Crippen molar-refractivity contribution in [3.05, 3.63) is 84.4 Å². The molecule has 3 aromatic carbocycles. The van der Waals surface area contributed by atoms with Gasteiger partial charge in [-0.05, 0) is 67.2 Å². The largest absolute Gasteiger partial charge is 0.508 e. The fourth-order valence-electron chi connectivity index (χ4n) is 3.33. The van der Waals surface area contributed by atoms with Crippen molar-refractivity contribution in [3.63, 3.8) is 0 Å². The van der Waals surface area contributed by atoms with E-state index in [1.807, 2.05) is 37.4 Å². The predicted octanol–water partition coefficient (Wildman–Crippen LogP) is 3.28. The first-order valence-corrected chi connectivity index (χ1v) is 11.2. The number of hydrogen-bond acceptors (Lipinski definition) is 5. The van der Waals surface area contributed by atoms with Gasteiger partial charge in [-0.1, -0.05) is 24.3 Å². The fourth-order valence-corrected chi connectivity index (χ4v) is 3.85. The minimum Gasteiger partial charge on any atom is -0.508 e. The molecule has 158 valence electrons. The summed E-state index contributed by atoms with van der Waals surface area (Å²) >= 11 is 0. The highest BCUT2D eigenvalue weighted by atomic mass is 32.2. The zero-order valence-electron chi connectivity index (χ0n) is 16.9. The van der Waals surface area contributed by atoms with E-state index in [1.54, 1.807) is 41.1 Å². The van der Waals surface area contributed by atoms with Gasteiger partial charge in [-0.25, -0.2) is 18.2 Å². The Labute approximate surface area is 180 Å². The van der Waals surface area contributed by atoms with Gasteiger partial charge >= 0.3 is 0 Å². The van der Waals surface area contributed by atoms with Gasteiger partial charge in [-0.15, -0.1) is 0 Å². The number of primary sulfonamides is 1. The lowest BCUT2D eigenvalue weighted by atomic mass is 10.1. The van der Waals surface area contributed by atoms with Crippen molar-refractivity contribution in [2.24, 2.45) is 5.14 Å². The summed E-state index contributed by atoms with van der Waals surface area (Å²) in [5, 5.41) is 22.7. The summed E-state index contributed by atoms with van der Waals surface area (Å²) in [6.07, 6.45) is 0. The van der Waals surface area contributed by atoms with Crippen molar-refractivity contribution in [2.45, 2.75) is 11.4 Å². The summed E-state index contributed by atoms with van der Waals surface area (Å²) in [4.78, 5) is 0.0418. The van der Waals surface area contributed by atoms with E-state index in [2.05, 4.69) is 5.32 Å². The highest BCUT2D eigenvalue weighted by Crippen LogP contribution is 2.30. The minimum atomic E-state index is -3.78. The molecule has 0 radical (unpaired) electrons. The summed E-state index contributed by atoms with van der Waals surface area (Å²) in [6.45, 7) is 0.771. The Kier molecular flexibility index (Phi) is 5.60. The van der Waals surface area contributed by atoms with Gasteiger partial charge in [0.25, 0.3) is 0 Å². The van der Waals surface area contributed by atoms with Crippen LogP contribution in [0.4, 0.5) is 0 Å². The van der Waals surface area contributed by atoms with Crippen LogP contribution in [0.2, 0.25) is 0 Å². The van der Waals surface area contributed by atoms with Crippen LogP contribution >= 0.6 is 0 Å². The summed E-state index contributed by atoms with van der Waals surface area (Å²) < 4.78 is 25.0. The summed E-state index contributed by atoms with van der Waals surface area (Å²) in [6, 6.07) is 23.2. The Morgan fingerprint density at radius 2 is 1.55 bits per heavy atom. The predicted molar refractivity (Wildman–Crippen MR) is 120 cm³/mol. The average molecular weight is 435 g/mol. The van der Waals surface area contributed by atoms with Crippen LogP contribution in [0.25, 0.3) is 28.2 Å². The molecule has 0 aliphatic heterocycles. The summed E-state index contributed by atoms with van der Waals surface area (Å²) in [5.74, 6) is 0.183. The van der Waals surface area contributed by atoms with Crippen molar-refractivity contribution >= 4 is 10.0 Å². The number of rotatable bonds is 6. The van der Waals surface area contributed by atoms with E-state index in [1.165, 1.54) is 12.1 Å². The molecule has 0 aliphatic rings. The Morgan fingerprint density at radius 1 is 0.935 bits per heavy atom. The second kappa shape index (κ2) is 8.35. The zero-order valence-corrected chi connectivity index (χ0v) is 17.7. The maximum Gasteiger partial charge on any atom is 0.238 e. The molecule has 0 amide bonds.